The lowest BCUT2D eigenvalue weighted by molar-refractivity contribution is -0.175. The zero-order valence-corrected chi connectivity index (χ0v) is 25.6. The number of ether oxygens (including phenoxy) is 3. The number of carbonyl (C=O) groups is 5. The molecular formula is C30H35F3N2O12. The van der Waals surface area contributed by atoms with Gasteiger partial charge in [-0.1, -0.05) is 12.1 Å². The zero-order valence-electron chi connectivity index (χ0n) is 25.6. The Hall–Kier alpha value is -4.06. The number of rotatable bonds is 9. The van der Waals surface area contributed by atoms with Crippen LogP contribution in [0.5, 0.6) is 5.75 Å². The maximum absolute atomic E-state index is 13.1. The van der Waals surface area contributed by atoms with Gasteiger partial charge in [-0.2, -0.15) is 13.2 Å². The Morgan fingerprint density at radius 2 is 1.89 bits per heavy atom. The fourth-order valence-corrected chi connectivity index (χ4v) is 6.78. The maximum Gasteiger partial charge on any atom is 0.446 e. The van der Waals surface area contributed by atoms with E-state index in [4.69, 9.17) is 19.0 Å². The monoisotopic (exact) mass is 672 g/mol. The summed E-state index contributed by atoms with van der Waals surface area (Å²) >= 11 is 0. The number of carboxylic acid groups (broad SMARTS) is 1. The number of benzene rings is 1. The highest BCUT2D eigenvalue weighted by atomic mass is 19.4. The Morgan fingerprint density at radius 3 is 2.47 bits per heavy atom. The van der Waals surface area contributed by atoms with E-state index in [0.29, 0.717) is 30.7 Å². The Balaban J connectivity index is 0.000000762. The van der Waals surface area contributed by atoms with E-state index in [1.807, 2.05) is 18.4 Å². The summed E-state index contributed by atoms with van der Waals surface area (Å²) in [7, 11) is 1.97. The van der Waals surface area contributed by atoms with Crippen LogP contribution in [0.2, 0.25) is 0 Å². The van der Waals surface area contributed by atoms with Crippen LogP contribution in [0, 0.1) is 0 Å². The van der Waals surface area contributed by atoms with Crippen LogP contribution >= 0.6 is 0 Å². The standard InChI is InChI=1S/C28H34N2O11.C2HF3O/c1-13(32)24(34)29-17(25(35)36)11-20(33)39-14(2)26(37)40-18-6-7-28(38)19-10-15-4-5-16(12-31)22-21(15)27(28,23(18)41-22)8-9-30(19)3;3-2(4,5)1-6/h4-6,13-14,17,19,23,31-32,38H,7-12H2,1-3H3,(H,29,34)(H,35,36);1H/t13-,14-,17-,19+,23-,27-,28+;/m0./s1. The van der Waals surface area contributed by atoms with Crippen molar-refractivity contribution in [1.29, 1.82) is 0 Å². The van der Waals surface area contributed by atoms with E-state index < -0.39 is 78.1 Å². The van der Waals surface area contributed by atoms with Crippen molar-refractivity contribution < 1.29 is 71.8 Å². The van der Waals surface area contributed by atoms with Crippen molar-refractivity contribution in [2.24, 2.45) is 0 Å². The van der Waals surface area contributed by atoms with E-state index in [2.05, 4.69) is 4.90 Å². The Kier molecular flexibility index (Phi) is 10.1. The summed E-state index contributed by atoms with van der Waals surface area (Å²) in [5, 5.41) is 42.9. The Bertz CT molecular complexity index is 1480. The molecule has 0 aromatic heterocycles. The molecule has 0 saturated carbocycles. The van der Waals surface area contributed by atoms with E-state index in [9.17, 15) is 52.8 Å². The molecule has 1 amide bonds. The highest BCUT2D eigenvalue weighted by Crippen LogP contribution is 2.64. The summed E-state index contributed by atoms with van der Waals surface area (Å²) in [6, 6.07) is 1.87. The molecular weight excluding hydrogens is 637 g/mol. The summed E-state index contributed by atoms with van der Waals surface area (Å²) in [4.78, 5) is 59.4. The van der Waals surface area contributed by atoms with Crippen LogP contribution < -0.4 is 10.1 Å². The first-order valence-corrected chi connectivity index (χ1v) is 14.6. The molecule has 17 heteroatoms. The number of likely N-dealkylation sites (N-methyl/N-ethyl adjacent to an activating group) is 1. The predicted molar refractivity (Wildman–Crippen MR) is 150 cm³/mol. The molecule has 4 aliphatic rings. The third kappa shape index (κ3) is 6.57. The Morgan fingerprint density at radius 1 is 1.23 bits per heavy atom. The lowest BCUT2D eigenvalue weighted by Gasteiger charge is -2.61. The van der Waals surface area contributed by atoms with Gasteiger partial charge in [-0.15, -0.1) is 0 Å². The number of carbonyl (C=O) groups excluding carboxylic acids is 4. The molecule has 14 nitrogen and oxygen atoms in total. The number of carboxylic acids is 1. The first kappa shape index (κ1) is 35.8. The van der Waals surface area contributed by atoms with E-state index in [-0.39, 0.29) is 24.8 Å². The maximum atomic E-state index is 13.1. The van der Waals surface area contributed by atoms with Crippen LogP contribution in [-0.4, -0.2) is 111 Å². The summed E-state index contributed by atoms with van der Waals surface area (Å²) in [6.07, 6.45) is -7.35. The summed E-state index contributed by atoms with van der Waals surface area (Å²) in [5.41, 5.74) is 0.274. The first-order valence-electron chi connectivity index (χ1n) is 14.6. The van der Waals surface area contributed by atoms with Crippen molar-refractivity contribution in [2.45, 2.75) is 93.7 Å². The van der Waals surface area contributed by atoms with Gasteiger partial charge < -0.3 is 44.9 Å². The number of aliphatic hydroxyl groups is 3. The first-order chi connectivity index (χ1) is 21.9. The number of aliphatic carboxylic acids is 1. The van der Waals surface area contributed by atoms with Crippen LogP contribution in [0.4, 0.5) is 13.2 Å². The predicted octanol–water partition coefficient (Wildman–Crippen LogP) is 0.0194. The van der Waals surface area contributed by atoms with Gasteiger partial charge in [-0.05, 0) is 51.9 Å². The van der Waals surface area contributed by atoms with Crippen molar-refractivity contribution >= 4 is 30.1 Å². The number of aldehydes is 1. The van der Waals surface area contributed by atoms with E-state index >= 15 is 0 Å². The van der Waals surface area contributed by atoms with E-state index in [1.54, 1.807) is 12.1 Å². The van der Waals surface area contributed by atoms with Crippen LogP contribution in [0.25, 0.3) is 0 Å². The number of likely N-dealkylation sites (tertiary alicyclic amines) is 1. The fraction of sp³-hybridized carbons (Fsp3) is 0.567. The molecule has 47 heavy (non-hydrogen) atoms. The summed E-state index contributed by atoms with van der Waals surface area (Å²) < 4.78 is 48.5. The number of halogens is 3. The molecule has 258 valence electrons. The topological polar surface area (TPSA) is 209 Å². The number of aliphatic hydroxyl groups excluding tert-OH is 2. The number of alkyl halides is 3. The van der Waals surface area contributed by atoms with E-state index in [0.717, 1.165) is 18.1 Å². The minimum absolute atomic E-state index is 0.159. The molecule has 1 fully saturated rings. The number of amides is 1. The zero-order chi connectivity index (χ0) is 35.1. The van der Waals surface area contributed by atoms with Crippen molar-refractivity contribution in [1.82, 2.24) is 10.2 Å². The third-order valence-corrected chi connectivity index (χ3v) is 8.98. The molecule has 5 N–H and O–H groups in total. The quantitative estimate of drug-likeness (QED) is 0.173. The summed E-state index contributed by atoms with van der Waals surface area (Å²) in [6.45, 7) is 2.80. The van der Waals surface area contributed by atoms with Crippen molar-refractivity contribution in [2.75, 3.05) is 13.6 Å². The smallest absolute Gasteiger partial charge is 0.446 e. The van der Waals surface area contributed by atoms with Gasteiger partial charge in [0, 0.05) is 23.6 Å². The van der Waals surface area contributed by atoms with E-state index in [1.165, 1.54) is 6.92 Å². The molecule has 2 heterocycles. The van der Waals surface area contributed by atoms with Crippen molar-refractivity contribution in [3.63, 3.8) is 0 Å². The van der Waals surface area contributed by atoms with Crippen molar-refractivity contribution in [3.8, 4) is 5.75 Å². The molecule has 1 aromatic carbocycles. The molecule has 1 saturated heterocycles. The van der Waals surface area contributed by atoms with Gasteiger partial charge in [-0.25, -0.2) is 9.59 Å². The van der Waals surface area contributed by atoms with Crippen LogP contribution in [0.1, 0.15) is 49.8 Å². The average molecular weight is 673 g/mol. The minimum atomic E-state index is -4.64. The van der Waals surface area contributed by atoms with Gasteiger partial charge in [0.25, 0.3) is 0 Å². The number of esters is 2. The van der Waals surface area contributed by atoms with Crippen LogP contribution in [0.15, 0.2) is 24.0 Å². The molecule has 1 spiro atoms. The van der Waals surface area contributed by atoms with Gasteiger partial charge in [0.15, 0.2) is 12.2 Å². The highest BCUT2D eigenvalue weighted by Gasteiger charge is 2.72. The summed E-state index contributed by atoms with van der Waals surface area (Å²) in [5.74, 6) is -3.87. The number of hydrogen-bond donors (Lipinski definition) is 5. The second-order valence-corrected chi connectivity index (χ2v) is 11.9. The highest BCUT2D eigenvalue weighted by molar-refractivity contribution is 5.89. The number of piperidine rings is 1. The normalized spacial score (nSPS) is 27.3. The molecule has 2 aliphatic heterocycles. The fourth-order valence-electron chi connectivity index (χ4n) is 6.78. The molecule has 0 unspecified atom stereocenters. The van der Waals surface area contributed by atoms with Gasteiger partial charge in [0.05, 0.1) is 24.0 Å². The molecule has 2 bridgehead atoms. The van der Waals surface area contributed by atoms with Crippen LogP contribution in [-0.2, 0) is 51.9 Å². The molecule has 2 aliphatic carbocycles. The average Bonchev–Trinajstić information content (AvgIpc) is 3.35. The van der Waals surface area contributed by atoms with Crippen LogP contribution in [0.3, 0.4) is 0 Å². The van der Waals surface area contributed by atoms with Gasteiger partial charge in [0.2, 0.25) is 12.2 Å². The largest absolute Gasteiger partial charge is 0.481 e. The van der Waals surface area contributed by atoms with Gasteiger partial charge in [0.1, 0.15) is 23.7 Å². The Labute approximate surface area is 266 Å². The molecule has 5 rings (SSSR count). The number of nitrogens with one attached hydrogen (secondary N) is 1. The molecule has 0 radical (unpaired) electrons. The third-order valence-electron chi connectivity index (χ3n) is 8.98. The second kappa shape index (κ2) is 13.2. The number of nitrogens with zero attached hydrogens (tertiary/aromatic N) is 1. The second-order valence-electron chi connectivity index (χ2n) is 11.9. The van der Waals surface area contributed by atoms with Gasteiger partial charge in [-0.3, -0.25) is 14.4 Å². The molecule has 7 atom stereocenters. The SMILES string of the molecule is C[C@H](O)C(=O)N[C@@H](CC(=O)O[C@@H](C)C(=O)OC1=CC[C@@]2(O)[C@H]3Cc4ccc(CO)c5c4[C@@]2(CCN3C)[C@H]1O5)C(=O)O.O=CC(F)(F)F. The van der Waals surface area contributed by atoms with Crippen molar-refractivity contribution in [3.05, 3.63) is 40.7 Å². The minimum Gasteiger partial charge on any atom is -0.481 e. The molecule has 1 aromatic rings. The van der Waals surface area contributed by atoms with Gasteiger partial charge >= 0.3 is 24.1 Å². The lowest BCUT2D eigenvalue weighted by atomic mass is 9.50. The number of hydrogen-bond acceptors (Lipinski definition) is 12. The lowest BCUT2D eigenvalue weighted by Crippen LogP contribution is -2.74.